The number of nitrogens with zero attached hydrogens (tertiary/aromatic N) is 1. The number of halogens is 2. The SMILES string of the molecule is Cc1ccc(CNCc2nc(-c3ccc(F)cc3)cs2)c(F)c1. The lowest BCUT2D eigenvalue weighted by atomic mass is 10.1. The molecule has 0 spiro atoms. The first-order chi connectivity index (χ1) is 11.1. The second-order valence-corrected chi connectivity index (χ2v) is 6.27. The molecule has 0 aliphatic carbocycles. The molecular weight excluding hydrogens is 314 g/mol. The highest BCUT2D eigenvalue weighted by atomic mass is 32.1. The minimum atomic E-state index is -0.258. The lowest BCUT2D eigenvalue weighted by Crippen LogP contribution is -2.13. The van der Waals surface area contributed by atoms with E-state index in [-0.39, 0.29) is 11.6 Å². The first-order valence-corrected chi connectivity index (χ1v) is 8.16. The summed E-state index contributed by atoms with van der Waals surface area (Å²) in [4.78, 5) is 4.52. The molecule has 0 saturated heterocycles. The first kappa shape index (κ1) is 15.8. The van der Waals surface area contributed by atoms with Crippen molar-refractivity contribution < 1.29 is 8.78 Å². The van der Waals surface area contributed by atoms with Crippen molar-refractivity contribution in [3.05, 3.63) is 75.6 Å². The Bertz CT molecular complexity index is 797. The monoisotopic (exact) mass is 330 g/mol. The van der Waals surface area contributed by atoms with Gasteiger partial charge in [0.05, 0.1) is 5.69 Å². The second kappa shape index (κ2) is 6.98. The summed E-state index contributed by atoms with van der Waals surface area (Å²) in [7, 11) is 0. The summed E-state index contributed by atoms with van der Waals surface area (Å²) in [5.41, 5.74) is 3.27. The minimum absolute atomic E-state index is 0.191. The van der Waals surface area contributed by atoms with E-state index in [1.165, 1.54) is 29.5 Å². The van der Waals surface area contributed by atoms with Crippen LogP contribution in [0.25, 0.3) is 11.3 Å². The topological polar surface area (TPSA) is 24.9 Å². The zero-order valence-corrected chi connectivity index (χ0v) is 13.5. The van der Waals surface area contributed by atoms with E-state index in [1.807, 2.05) is 18.4 Å². The Morgan fingerprint density at radius 3 is 2.57 bits per heavy atom. The first-order valence-electron chi connectivity index (χ1n) is 7.28. The number of hydrogen-bond donors (Lipinski definition) is 1. The number of nitrogens with one attached hydrogen (secondary N) is 1. The molecular formula is C18H16F2N2S. The Kier molecular flexibility index (Phi) is 4.79. The van der Waals surface area contributed by atoms with Crippen LogP contribution in [0.4, 0.5) is 8.78 Å². The molecule has 0 aliphatic heterocycles. The fourth-order valence-electron chi connectivity index (χ4n) is 2.25. The molecule has 2 aromatic carbocycles. The van der Waals surface area contributed by atoms with E-state index in [0.29, 0.717) is 18.7 Å². The summed E-state index contributed by atoms with van der Waals surface area (Å²) < 4.78 is 26.7. The number of aryl methyl sites for hydroxylation is 1. The molecule has 1 aromatic heterocycles. The molecule has 0 bridgehead atoms. The molecule has 3 aromatic rings. The van der Waals surface area contributed by atoms with Crippen molar-refractivity contribution in [2.45, 2.75) is 20.0 Å². The van der Waals surface area contributed by atoms with Gasteiger partial charge in [-0.25, -0.2) is 13.8 Å². The van der Waals surface area contributed by atoms with Gasteiger partial charge in [-0.05, 0) is 42.8 Å². The van der Waals surface area contributed by atoms with Crippen LogP contribution in [0.15, 0.2) is 47.8 Å². The predicted octanol–water partition coefficient (Wildman–Crippen LogP) is 4.69. The molecule has 0 atom stereocenters. The summed E-state index contributed by atoms with van der Waals surface area (Å²) in [5, 5.41) is 6.06. The van der Waals surface area contributed by atoms with Crippen LogP contribution in [0.1, 0.15) is 16.1 Å². The van der Waals surface area contributed by atoms with Crippen molar-refractivity contribution in [2.24, 2.45) is 0 Å². The number of thiazole rings is 1. The number of rotatable bonds is 5. The van der Waals surface area contributed by atoms with Crippen molar-refractivity contribution in [1.82, 2.24) is 10.3 Å². The molecule has 5 heteroatoms. The molecule has 1 heterocycles. The molecule has 0 unspecified atom stereocenters. The molecule has 0 amide bonds. The van der Waals surface area contributed by atoms with Crippen molar-refractivity contribution >= 4 is 11.3 Å². The molecule has 118 valence electrons. The van der Waals surface area contributed by atoms with Crippen LogP contribution < -0.4 is 5.32 Å². The highest BCUT2D eigenvalue weighted by molar-refractivity contribution is 7.09. The van der Waals surface area contributed by atoms with E-state index in [4.69, 9.17) is 0 Å². The van der Waals surface area contributed by atoms with Gasteiger partial charge in [0.1, 0.15) is 16.6 Å². The largest absolute Gasteiger partial charge is 0.306 e. The Hall–Kier alpha value is -2.11. The van der Waals surface area contributed by atoms with Gasteiger partial charge in [0.25, 0.3) is 0 Å². The van der Waals surface area contributed by atoms with E-state index in [1.54, 1.807) is 18.2 Å². The summed E-state index contributed by atoms with van der Waals surface area (Å²) in [6, 6.07) is 11.5. The molecule has 0 aliphatic rings. The quantitative estimate of drug-likeness (QED) is 0.734. The average Bonchev–Trinajstić information content (AvgIpc) is 2.99. The molecule has 0 saturated carbocycles. The fraction of sp³-hybridized carbons (Fsp3) is 0.167. The van der Waals surface area contributed by atoms with Crippen LogP contribution in [-0.2, 0) is 13.1 Å². The Morgan fingerprint density at radius 1 is 1.04 bits per heavy atom. The Labute approximate surface area is 137 Å². The standard InChI is InChI=1S/C18H16F2N2S/c1-12-2-3-14(16(20)8-12)9-21-10-18-22-17(11-23-18)13-4-6-15(19)7-5-13/h2-8,11,21H,9-10H2,1H3. The molecule has 0 fully saturated rings. The zero-order valence-electron chi connectivity index (χ0n) is 12.6. The third-order valence-electron chi connectivity index (χ3n) is 3.49. The van der Waals surface area contributed by atoms with Gasteiger partial charge in [0, 0.05) is 29.6 Å². The maximum Gasteiger partial charge on any atom is 0.127 e. The molecule has 3 rings (SSSR count). The van der Waals surface area contributed by atoms with Crippen LogP contribution in [0.5, 0.6) is 0 Å². The molecule has 2 nitrogen and oxygen atoms in total. The van der Waals surface area contributed by atoms with E-state index in [9.17, 15) is 8.78 Å². The van der Waals surface area contributed by atoms with Gasteiger partial charge in [0.15, 0.2) is 0 Å². The minimum Gasteiger partial charge on any atom is -0.306 e. The van der Waals surface area contributed by atoms with E-state index in [0.717, 1.165) is 21.8 Å². The number of aromatic nitrogens is 1. The van der Waals surface area contributed by atoms with Crippen molar-refractivity contribution in [1.29, 1.82) is 0 Å². The van der Waals surface area contributed by atoms with Crippen LogP contribution in [0.3, 0.4) is 0 Å². The van der Waals surface area contributed by atoms with Crippen molar-refractivity contribution in [2.75, 3.05) is 0 Å². The van der Waals surface area contributed by atoms with Crippen LogP contribution in [-0.4, -0.2) is 4.98 Å². The lowest BCUT2D eigenvalue weighted by molar-refractivity contribution is 0.586. The highest BCUT2D eigenvalue weighted by Gasteiger charge is 2.06. The van der Waals surface area contributed by atoms with Gasteiger partial charge in [0.2, 0.25) is 0 Å². The lowest BCUT2D eigenvalue weighted by Gasteiger charge is -2.05. The van der Waals surface area contributed by atoms with Gasteiger partial charge in [-0.1, -0.05) is 12.1 Å². The maximum atomic E-state index is 13.8. The van der Waals surface area contributed by atoms with Crippen LogP contribution in [0, 0.1) is 18.6 Å². The van der Waals surface area contributed by atoms with E-state index in [2.05, 4.69) is 10.3 Å². The van der Waals surface area contributed by atoms with Gasteiger partial charge < -0.3 is 5.32 Å². The predicted molar refractivity (Wildman–Crippen MR) is 89.2 cm³/mol. The Morgan fingerprint density at radius 2 is 1.83 bits per heavy atom. The smallest absolute Gasteiger partial charge is 0.127 e. The molecule has 23 heavy (non-hydrogen) atoms. The van der Waals surface area contributed by atoms with Gasteiger partial charge in [-0.15, -0.1) is 11.3 Å². The number of benzene rings is 2. The van der Waals surface area contributed by atoms with E-state index < -0.39 is 0 Å². The Balaban J connectivity index is 1.60. The zero-order chi connectivity index (χ0) is 16.2. The summed E-state index contributed by atoms with van der Waals surface area (Å²) >= 11 is 1.53. The highest BCUT2D eigenvalue weighted by Crippen LogP contribution is 2.22. The van der Waals surface area contributed by atoms with Gasteiger partial charge >= 0.3 is 0 Å². The third kappa shape index (κ3) is 4.00. The van der Waals surface area contributed by atoms with Crippen molar-refractivity contribution in [3.63, 3.8) is 0 Å². The maximum absolute atomic E-state index is 13.8. The summed E-state index contributed by atoms with van der Waals surface area (Å²) in [6.07, 6.45) is 0. The van der Waals surface area contributed by atoms with Crippen molar-refractivity contribution in [3.8, 4) is 11.3 Å². The second-order valence-electron chi connectivity index (χ2n) is 5.33. The number of hydrogen-bond acceptors (Lipinski definition) is 3. The molecule has 1 N–H and O–H groups in total. The molecule has 0 radical (unpaired) electrons. The fourth-order valence-corrected chi connectivity index (χ4v) is 3.02. The van der Waals surface area contributed by atoms with Gasteiger partial charge in [-0.3, -0.25) is 0 Å². The summed E-state index contributed by atoms with van der Waals surface area (Å²) in [6.45, 7) is 2.89. The third-order valence-corrected chi connectivity index (χ3v) is 4.34. The normalized spacial score (nSPS) is 10.9. The van der Waals surface area contributed by atoms with Gasteiger partial charge in [-0.2, -0.15) is 0 Å². The van der Waals surface area contributed by atoms with E-state index >= 15 is 0 Å². The summed E-state index contributed by atoms with van der Waals surface area (Å²) in [5.74, 6) is -0.449. The van der Waals surface area contributed by atoms with Crippen LogP contribution in [0.2, 0.25) is 0 Å². The average molecular weight is 330 g/mol. The van der Waals surface area contributed by atoms with Crippen LogP contribution >= 0.6 is 11.3 Å².